The molecule has 2 unspecified atom stereocenters. The number of nitrogens with zero attached hydrogens (tertiary/aromatic N) is 2. The molecule has 12 heavy (non-hydrogen) atoms. The highest BCUT2D eigenvalue weighted by molar-refractivity contribution is 6.24. The molecular formula is C8H14N2O2. The average Bonchev–Trinajstić information content (AvgIpc) is 2.06. The van der Waals surface area contributed by atoms with Crippen molar-refractivity contribution in [2.45, 2.75) is 26.9 Å². The maximum Gasteiger partial charge on any atom is 0.358 e. The molecule has 4 nitrogen and oxygen atoms in total. The second-order valence-corrected chi connectivity index (χ2v) is 4.35. The summed E-state index contributed by atoms with van der Waals surface area (Å²) in [6.07, 6.45) is 0.646. The standard InChI is InChI=1S/C8H14N2O2/c1-8(2,3)7-9-5-6(11)10(7,4)12/h5,7H,1-4H3. The van der Waals surface area contributed by atoms with Crippen LogP contribution in [-0.2, 0) is 4.79 Å². The van der Waals surface area contributed by atoms with Crippen LogP contribution in [0.15, 0.2) is 4.99 Å². The molecule has 0 bridgehead atoms. The minimum atomic E-state index is -0.899. The van der Waals surface area contributed by atoms with Crippen molar-refractivity contribution in [2.75, 3.05) is 7.05 Å². The van der Waals surface area contributed by atoms with Crippen LogP contribution in [0.3, 0.4) is 0 Å². The lowest BCUT2D eigenvalue weighted by atomic mass is 9.92. The minimum absolute atomic E-state index is 0.265. The first-order valence-corrected chi connectivity index (χ1v) is 3.91. The fourth-order valence-corrected chi connectivity index (χ4v) is 1.46. The quantitative estimate of drug-likeness (QED) is 0.401. The molecule has 1 aliphatic heterocycles. The van der Waals surface area contributed by atoms with Crippen molar-refractivity contribution < 1.29 is 9.44 Å². The van der Waals surface area contributed by atoms with Crippen molar-refractivity contribution >= 4 is 12.1 Å². The molecule has 0 saturated heterocycles. The zero-order valence-corrected chi connectivity index (χ0v) is 7.87. The van der Waals surface area contributed by atoms with Gasteiger partial charge in [0.05, 0.1) is 7.05 Å². The van der Waals surface area contributed by atoms with Crippen LogP contribution >= 0.6 is 0 Å². The molecule has 0 radical (unpaired) electrons. The summed E-state index contributed by atoms with van der Waals surface area (Å²) in [5.41, 5.74) is -0.265. The highest BCUT2D eigenvalue weighted by Gasteiger charge is 2.43. The number of rotatable bonds is 0. The van der Waals surface area contributed by atoms with Crippen LogP contribution in [0, 0.1) is 10.6 Å². The number of hydrogen-bond acceptors (Lipinski definition) is 3. The van der Waals surface area contributed by atoms with Crippen molar-refractivity contribution in [3.05, 3.63) is 5.21 Å². The van der Waals surface area contributed by atoms with E-state index in [2.05, 4.69) is 4.99 Å². The van der Waals surface area contributed by atoms with Gasteiger partial charge >= 0.3 is 5.91 Å². The second kappa shape index (κ2) is 2.37. The molecule has 1 heterocycles. The van der Waals surface area contributed by atoms with Crippen molar-refractivity contribution in [3.8, 4) is 0 Å². The molecule has 2 atom stereocenters. The third kappa shape index (κ3) is 1.28. The maximum atomic E-state index is 11.7. The van der Waals surface area contributed by atoms with Crippen molar-refractivity contribution in [1.29, 1.82) is 0 Å². The normalized spacial score (nSPS) is 36.1. The molecule has 0 aromatic carbocycles. The Bertz CT molecular complexity index is 238. The molecule has 4 heteroatoms. The van der Waals surface area contributed by atoms with Gasteiger partial charge < -0.3 is 5.21 Å². The number of quaternary nitrogens is 1. The summed E-state index contributed by atoms with van der Waals surface area (Å²) < 4.78 is -0.899. The number of hydroxylamine groups is 3. The van der Waals surface area contributed by atoms with Crippen LogP contribution < -0.4 is 0 Å². The molecule has 1 amide bonds. The topological polar surface area (TPSA) is 52.5 Å². The number of carbonyl (C=O) groups excluding carboxylic acids is 1. The first-order chi connectivity index (χ1) is 5.26. The minimum Gasteiger partial charge on any atom is -0.624 e. The lowest BCUT2D eigenvalue weighted by molar-refractivity contribution is -0.810. The fourth-order valence-electron chi connectivity index (χ4n) is 1.46. The molecule has 1 aliphatic rings. The third-order valence-electron chi connectivity index (χ3n) is 2.01. The third-order valence-corrected chi connectivity index (χ3v) is 2.01. The Balaban J connectivity index is 2.97. The van der Waals surface area contributed by atoms with Crippen LogP contribution in [0.2, 0.25) is 0 Å². The van der Waals surface area contributed by atoms with E-state index in [4.69, 9.17) is 0 Å². The zero-order chi connectivity index (χ0) is 9.57. The van der Waals surface area contributed by atoms with E-state index in [0.717, 1.165) is 6.21 Å². The van der Waals surface area contributed by atoms with Gasteiger partial charge in [0.15, 0.2) is 6.17 Å². The van der Waals surface area contributed by atoms with Crippen LogP contribution in [0.5, 0.6) is 0 Å². The van der Waals surface area contributed by atoms with Crippen LogP contribution in [0.25, 0.3) is 0 Å². The molecule has 0 aromatic heterocycles. The largest absolute Gasteiger partial charge is 0.624 e. The Morgan fingerprint density at radius 3 is 2.25 bits per heavy atom. The highest BCUT2D eigenvalue weighted by Crippen LogP contribution is 2.31. The molecule has 1 rings (SSSR count). The lowest BCUT2D eigenvalue weighted by Crippen LogP contribution is -2.52. The SMILES string of the molecule is CC(C)(C)C1N=CC(=O)[N+]1(C)[O-]. The lowest BCUT2D eigenvalue weighted by Gasteiger charge is -2.41. The van der Waals surface area contributed by atoms with E-state index >= 15 is 0 Å². The summed E-state index contributed by atoms with van der Waals surface area (Å²) in [5, 5.41) is 11.7. The number of carbonyl (C=O) groups is 1. The number of hydrogen-bond donors (Lipinski definition) is 0. The summed E-state index contributed by atoms with van der Waals surface area (Å²) >= 11 is 0. The molecule has 0 spiro atoms. The second-order valence-electron chi connectivity index (χ2n) is 4.35. The predicted octanol–water partition coefficient (Wildman–Crippen LogP) is 0.914. The monoisotopic (exact) mass is 170 g/mol. The molecule has 0 aliphatic carbocycles. The van der Waals surface area contributed by atoms with Gasteiger partial charge in [0.2, 0.25) is 0 Å². The average molecular weight is 170 g/mol. The van der Waals surface area contributed by atoms with Gasteiger partial charge in [0, 0.05) is 5.41 Å². The Kier molecular flexibility index (Phi) is 1.85. The Hall–Kier alpha value is -0.740. The van der Waals surface area contributed by atoms with E-state index in [1.165, 1.54) is 7.05 Å². The number of aliphatic imine (C=N–C) groups is 1. The van der Waals surface area contributed by atoms with Gasteiger partial charge in [-0.2, -0.15) is 0 Å². The van der Waals surface area contributed by atoms with Crippen LogP contribution in [-0.4, -0.2) is 30.0 Å². The Morgan fingerprint density at radius 2 is 2.08 bits per heavy atom. The molecule has 0 saturated carbocycles. The van der Waals surface area contributed by atoms with Gasteiger partial charge in [-0.25, -0.2) is 9.79 Å². The van der Waals surface area contributed by atoms with Crippen molar-refractivity contribution in [1.82, 2.24) is 0 Å². The highest BCUT2D eigenvalue weighted by atomic mass is 16.6. The van der Waals surface area contributed by atoms with Gasteiger partial charge in [-0.3, -0.25) is 4.65 Å². The fraction of sp³-hybridized carbons (Fsp3) is 0.750. The summed E-state index contributed by atoms with van der Waals surface area (Å²) in [6.45, 7) is 5.71. The molecular weight excluding hydrogens is 156 g/mol. The molecule has 68 valence electrons. The predicted molar refractivity (Wildman–Crippen MR) is 46.3 cm³/mol. The van der Waals surface area contributed by atoms with E-state index in [-0.39, 0.29) is 5.41 Å². The van der Waals surface area contributed by atoms with E-state index in [0.29, 0.717) is 0 Å². The molecule has 0 fully saturated rings. The van der Waals surface area contributed by atoms with Gasteiger partial charge in [0.25, 0.3) is 0 Å². The summed E-state index contributed by atoms with van der Waals surface area (Å²) in [4.78, 5) is 15.0. The molecule has 0 aromatic rings. The first kappa shape index (κ1) is 9.35. The number of amides is 1. The van der Waals surface area contributed by atoms with E-state index < -0.39 is 16.7 Å². The summed E-state index contributed by atoms with van der Waals surface area (Å²) in [7, 11) is 1.35. The molecule has 0 N–H and O–H groups in total. The maximum absolute atomic E-state index is 11.7. The summed E-state index contributed by atoms with van der Waals surface area (Å²) in [5.74, 6) is -0.463. The van der Waals surface area contributed by atoms with Crippen molar-refractivity contribution in [2.24, 2.45) is 10.4 Å². The smallest absolute Gasteiger partial charge is 0.358 e. The van der Waals surface area contributed by atoms with Crippen molar-refractivity contribution in [3.63, 3.8) is 0 Å². The summed E-state index contributed by atoms with van der Waals surface area (Å²) in [6, 6.07) is 0. The first-order valence-electron chi connectivity index (χ1n) is 3.91. The van der Waals surface area contributed by atoms with Gasteiger partial charge in [-0.1, -0.05) is 20.8 Å². The van der Waals surface area contributed by atoms with Crippen LogP contribution in [0.1, 0.15) is 20.8 Å². The Morgan fingerprint density at radius 1 is 1.58 bits per heavy atom. The van der Waals surface area contributed by atoms with Gasteiger partial charge in [-0.05, 0) is 0 Å². The van der Waals surface area contributed by atoms with Crippen LogP contribution in [0.4, 0.5) is 0 Å². The van der Waals surface area contributed by atoms with E-state index in [1.807, 2.05) is 20.8 Å². The van der Waals surface area contributed by atoms with Gasteiger partial charge in [0.1, 0.15) is 6.21 Å². The van der Waals surface area contributed by atoms with E-state index in [1.54, 1.807) is 0 Å². The van der Waals surface area contributed by atoms with Gasteiger partial charge in [-0.15, -0.1) is 0 Å². The zero-order valence-electron chi connectivity index (χ0n) is 7.87. The Labute approximate surface area is 72.1 Å². The van der Waals surface area contributed by atoms with E-state index in [9.17, 15) is 10.0 Å².